The molecule has 4 amide bonds. The number of anilines is 3. The highest BCUT2D eigenvalue weighted by molar-refractivity contribution is 6.58. The van der Waals surface area contributed by atoms with Crippen LogP contribution in [-0.4, -0.2) is 52.6 Å². The van der Waals surface area contributed by atoms with Gasteiger partial charge in [0.25, 0.3) is 11.8 Å². The second-order valence-corrected chi connectivity index (χ2v) is 16.0. The lowest BCUT2D eigenvalue weighted by atomic mass is 9.56. The van der Waals surface area contributed by atoms with Gasteiger partial charge in [-0.15, -0.1) is 29.8 Å². The van der Waals surface area contributed by atoms with Gasteiger partial charge < -0.3 is 10.0 Å². The summed E-state index contributed by atoms with van der Waals surface area (Å²) in [6.45, 7) is 3.78. The van der Waals surface area contributed by atoms with Crippen LogP contribution in [0.5, 0.6) is 5.75 Å². The molecule has 2 aliphatic heterocycles. The smallest absolute Gasteiger partial charge is 0.258 e. The number of nitrogens with zero attached hydrogens (tertiary/aromatic N) is 5. The van der Waals surface area contributed by atoms with E-state index in [0.29, 0.717) is 34.6 Å². The van der Waals surface area contributed by atoms with E-state index in [9.17, 15) is 28.7 Å². The number of amides is 4. The number of carbonyl (C=O) groups excluding carboxylic acids is 4. The number of allylic oxidation sites excluding steroid dienone is 3. The summed E-state index contributed by atoms with van der Waals surface area (Å²) in [6.07, 6.45) is 3.61. The standard InChI is InChI=1S/C43H36Cl2FN5O5/c1-4-6-24-7-5-8-33(37(24)52)36-31-21-22-32-35(34(31)23-42(44)40(55)51(41(56)43(36,42)45)30-15-9-25(46)10-16-30)39(54)50(38(32)53)29-19-13-27(14-20-29)48-47-26-11-17-28(18-12-26)49(2)3/h4-5,7-21,32,34-36,52H,1,6,22-23H2,2-3H3. The minimum atomic E-state index is -2.18. The number of hydrogen-bond acceptors (Lipinski definition) is 8. The number of rotatable bonds is 8. The average molecular weight is 793 g/mol. The number of phenols is 1. The third-order valence-electron chi connectivity index (χ3n) is 11.5. The van der Waals surface area contributed by atoms with Crippen LogP contribution in [0.15, 0.2) is 126 Å². The third-order valence-corrected chi connectivity index (χ3v) is 12.9. The molecule has 6 atom stereocenters. The lowest BCUT2D eigenvalue weighted by Crippen LogP contribution is -2.60. The maximum atomic E-state index is 14.6. The Bertz CT molecular complexity index is 2370. The quantitative estimate of drug-likeness (QED) is 0.0827. The van der Waals surface area contributed by atoms with E-state index in [1.54, 1.807) is 54.6 Å². The normalized spacial score (nSPS) is 27.0. The van der Waals surface area contributed by atoms with Gasteiger partial charge in [-0.2, -0.15) is 10.2 Å². The predicted octanol–water partition coefficient (Wildman–Crippen LogP) is 8.51. The van der Waals surface area contributed by atoms with E-state index < -0.39 is 62.9 Å². The lowest BCUT2D eigenvalue weighted by molar-refractivity contribution is -0.125. The van der Waals surface area contributed by atoms with E-state index >= 15 is 0 Å². The summed E-state index contributed by atoms with van der Waals surface area (Å²) in [4.78, 5) is 57.5. The number of alkyl halides is 2. The van der Waals surface area contributed by atoms with Gasteiger partial charge in [0.1, 0.15) is 11.6 Å². The first-order chi connectivity index (χ1) is 26.8. The predicted molar refractivity (Wildman–Crippen MR) is 212 cm³/mol. The maximum absolute atomic E-state index is 14.6. The van der Waals surface area contributed by atoms with Crippen LogP contribution in [-0.2, 0) is 25.6 Å². The number of fused-ring (bicyclic) bond motifs is 4. The lowest BCUT2D eigenvalue weighted by Gasteiger charge is -2.50. The van der Waals surface area contributed by atoms with Crippen LogP contribution in [0.1, 0.15) is 29.9 Å². The van der Waals surface area contributed by atoms with Crippen molar-refractivity contribution in [3.8, 4) is 5.75 Å². The van der Waals surface area contributed by atoms with Crippen molar-refractivity contribution < 1.29 is 28.7 Å². The van der Waals surface area contributed by atoms with E-state index in [0.717, 1.165) is 27.6 Å². The molecule has 4 aliphatic rings. The van der Waals surface area contributed by atoms with Gasteiger partial charge >= 0.3 is 0 Å². The summed E-state index contributed by atoms with van der Waals surface area (Å²) in [5.74, 6) is -7.05. The van der Waals surface area contributed by atoms with Gasteiger partial charge in [0, 0.05) is 31.3 Å². The largest absolute Gasteiger partial charge is 0.507 e. The minimum Gasteiger partial charge on any atom is -0.507 e. The van der Waals surface area contributed by atoms with Crippen LogP contribution in [0, 0.1) is 23.6 Å². The van der Waals surface area contributed by atoms with E-state index in [-0.39, 0.29) is 29.8 Å². The van der Waals surface area contributed by atoms with Crippen LogP contribution in [0.2, 0.25) is 0 Å². The molecule has 13 heteroatoms. The molecular weight excluding hydrogens is 756 g/mol. The van der Waals surface area contributed by atoms with Gasteiger partial charge in [-0.3, -0.25) is 24.1 Å². The molecule has 56 heavy (non-hydrogen) atoms. The molecule has 0 aromatic heterocycles. The fourth-order valence-corrected chi connectivity index (χ4v) is 9.69. The Morgan fingerprint density at radius 2 is 1.45 bits per heavy atom. The zero-order valence-electron chi connectivity index (χ0n) is 30.4. The number of aromatic hydroxyl groups is 1. The summed E-state index contributed by atoms with van der Waals surface area (Å²) in [6, 6.07) is 24.0. The number of carbonyl (C=O) groups is 4. The number of para-hydroxylation sites is 1. The zero-order valence-corrected chi connectivity index (χ0v) is 31.9. The third kappa shape index (κ3) is 5.58. The second kappa shape index (κ2) is 13.8. The van der Waals surface area contributed by atoms with E-state index in [4.69, 9.17) is 23.2 Å². The van der Waals surface area contributed by atoms with Gasteiger partial charge in [0.15, 0.2) is 9.75 Å². The van der Waals surface area contributed by atoms with Crippen molar-refractivity contribution in [2.45, 2.75) is 34.9 Å². The molecule has 10 nitrogen and oxygen atoms in total. The van der Waals surface area contributed by atoms with E-state index in [1.165, 1.54) is 12.1 Å². The number of phenolic OH excluding ortho intramolecular Hbond substituents is 1. The molecule has 0 bridgehead atoms. The Balaban J connectivity index is 1.17. The van der Waals surface area contributed by atoms with Crippen LogP contribution < -0.4 is 14.7 Å². The molecule has 8 rings (SSSR count). The molecule has 2 aliphatic carbocycles. The summed E-state index contributed by atoms with van der Waals surface area (Å²) in [5.41, 5.74) is 3.88. The zero-order chi connectivity index (χ0) is 39.7. The molecule has 0 spiro atoms. The molecule has 6 unspecified atom stereocenters. The van der Waals surface area contributed by atoms with Crippen molar-refractivity contribution in [1.82, 2.24) is 0 Å². The van der Waals surface area contributed by atoms with Gasteiger partial charge in [0.05, 0.1) is 34.6 Å². The number of benzene rings is 4. The fourth-order valence-electron chi connectivity index (χ4n) is 8.76. The molecule has 284 valence electrons. The summed E-state index contributed by atoms with van der Waals surface area (Å²) >= 11 is 14.9. The number of halogens is 3. The van der Waals surface area contributed by atoms with Crippen molar-refractivity contribution in [3.63, 3.8) is 0 Å². The Labute approximate surface area is 332 Å². The van der Waals surface area contributed by atoms with Crippen LogP contribution in [0.3, 0.4) is 0 Å². The highest BCUT2D eigenvalue weighted by atomic mass is 35.5. The van der Waals surface area contributed by atoms with Crippen molar-refractivity contribution in [3.05, 3.63) is 132 Å². The van der Waals surface area contributed by atoms with Gasteiger partial charge in [-0.1, -0.05) is 35.9 Å². The molecule has 3 fully saturated rings. The summed E-state index contributed by atoms with van der Waals surface area (Å²) in [5, 5.41) is 20.3. The molecule has 4 aromatic carbocycles. The number of hydrogen-bond donors (Lipinski definition) is 1. The van der Waals surface area contributed by atoms with E-state index in [2.05, 4.69) is 16.8 Å². The summed E-state index contributed by atoms with van der Waals surface area (Å²) < 4.78 is 14.0. The summed E-state index contributed by atoms with van der Waals surface area (Å²) in [7, 11) is 3.89. The highest BCUT2D eigenvalue weighted by Crippen LogP contribution is 2.66. The van der Waals surface area contributed by atoms with Crippen molar-refractivity contribution in [2.24, 2.45) is 28.0 Å². The first kappa shape index (κ1) is 37.3. The monoisotopic (exact) mass is 791 g/mol. The molecule has 0 radical (unpaired) electrons. The topological polar surface area (TPSA) is 123 Å². The fraction of sp³-hybridized carbons (Fsp3) is 0.256. The van der Waals surface area contributed by atoms with E-state index in [1.807, 2.05) is 43.3 Å². The molecule has 1 saturated carbocycles. The molecule has 1 N–H and O–H groups in total. The van der Waals surface area contributed by atoms with Gasteiger partial charge in [-0.05, 0) is 104 Å². The first-order valence-electron chi connectivity index (χ1n) is 18.1. The van der Waals surface area contributed by atoms with Crippen LogP contribution in [0.25, 0.3) is 0 Å². The maximum Gasteiger partial charge on any atom is 0.258 e. The minimum absolute atomic E-state index is 0.0672. The molecule has 2 saturated heterocycles. The molecule has 2 heterocycles. The first-order valence-corrected chi connectivity index (χ1v) is 18.9. The second-order valence-electron chi connectivity index (χ2n) is 14.7. The Morgan fingerprint density at radius 3 is 2.07 bits per heavy atom. The van der Waals surface area contributed by atoms with Crippen molar-refractivity contribution in [1.29, 1.82) is 0 Å². The number of azo groups is 1. The Kier molecular flexibility index (Phi) is 9.20. The molecular formula is C43H36Cl2FN5O5. The molecule has 4 aromatic rings. The SMILES string of the molecule is C=CCc1cccc(C2C3=CCC4C(=O)N(c5ccc(N=Nc6ccc(N(C)C)cc6)cc5)C(=O)C4C3CC3(Cl)C(=O)N(c4ccc(F)cc4)C(=O)C23Cl)c1O. The van der Waals surface area contributed by atoms with Crippen LogP contribution >= 0.6 is 23.2 Å². The van der Waals surface area contributed by atoms with Gasteiger partial charge in [-0.25, -0.2) is 9.29 Å². The van der Waals surface area contributed by atoms with Crippen LogP contribution in [0.4, 0.5) is 32.8 Å². The highest BCUT2D eigenvalue weighted by Gasteiger charge is 2.77. The van der Waals surface area contributed by atoms with Crippen molar-refractivity contribution in [2.75, 3.05) is 28.8 Å². The van der Waals surface area contributed by atoms with Gasteiger partial charge in [0.2, 0.25) is 11.8 Å². The van der Waals surface area contributed by atoms with Crippen molar-refractivity contribution >= 4 is 75.3 Å². The Hall–Kier alpha value is -5.65. The average Bonchev–Trinajstić information content (AvgIpc) is 3.53. The number of imide groups is 2. The Morgan fingerprint density at radius 1 is 0.839 bits per heavy atom.